The van der Waals surface area contributed by atoms with E-state index in [4.69, 9.17) is 14.5 Å². The number of nitrogens with zero attached hydrogens (tertiary/aromatic N) is 4. The fraction of sp³-hybridized carbons (Fsp3) is 0.500. The van der Waals surface area contributed by atoms with E-state index >= 15 is 0 Å². The summed E-state index contributed by atoms with van der Waals surface area (Å²) in [6.45, 7) is 3.64. The SMILES string of the molecule is COc1cccc(-n2c(-c3ccnc(NC4CCC(C)CC4)n3)cn(C3CCOCC3)c2=O)c1. The molecule has 0 unspecified atom stereocenters. The maximum Gasteiger partial charge on any atom is 0.333 e. The Balaban J connectivity index is 1.54. The molecule has 0 amide bonds. The smallest absolute Gasteiger partial charge is 0.333 e. The Hall–Kier alpha value is -3.13. The summed E-state index contributed by atoms with van der Waals surface area (Å²) in [4.78, 5) is 23.0. The third-order valence-corrected chi connectivity index (χ3v) is 7.08. The molecule has 180 valence electrons. The van der Waals surface area contributed by atoms with E-state index in [1.807, 2.05) is 41.1 Å². The summed E-state index contributed by atoms with van der Waals surface area (Å²) in [6, 6.07) is 9.94. The van der Waals surface area contributed by atoms with Crippen molar-refractivity contribution >= 4 is 5.95 Å². The van der Waals surface area contributed by atoms with E-state index in [2.05, 4.69) is 17.2 Å². The molecule has 0 atom stereocenters. The quantitative estimate of drug-likeness (QED) is 0.582. The average molecular weight is 464 g/mol. The normalized spacial score (nSPS) is 21.4. The molecule has 0 spiro atoms. The van der Waals surface area contributed by atoms with Gasteiger partial charge in [0.25, 0.3) is 0 Å². The van der Waals surface area contributed by atoms with Crippen molar-refractivity contribution in [3.8, 4) is 22.8 Å². The fourth-order valence-electron chi connectivity index (χ4n) is 5.03. The molecule has 2 fully saturated rings. The van der Waals surface area contributed by atoms with Gasteiger partial charge in [-0.05, 0) is 62.6 Å². The zero-order valence-corrected chi connectivity index (χ0v) is 19.9. The molecule has 1 aliphatic carbocycles. The first-order valence-corrected chi connectivity index (χ1v) is 12.3. The van der Waals surface area contributed by atoms with Gasteiger partial charge >= 0.3 is 5.69 Å². The second-order valence-corrected chi connectivity index (χ2v) is 9.45. The van der Waals surface area contributed by atoms with Gasteiger partial charge < -0.3 is 14.8 Å². The molecule has 2 aromatic heterocycles. The largest absolute Gasteiger partial charge is 0.497 e. The van der Waals surface area contributed by atoms with Gasteiger partial charge in [0.1, 0.15) is 5.75 Å². The second kappa shape index (κ2) is 10.0. The summed E-state index contributed by atoms with van der Waals surface area (Å²) in [7, 11) is 1.63. The van der Waals surface area contributed by atoms with Crippen molar-refractivity contribution in [1.29, 1.82) is 0 Å². The number of rotatable bonds is 6. The van der Waals surface area contributed by atoms with E-state index in [9.17, 15) is 4.79 Å². The third kappa shape index (κ3) is 4.73. The van der Waals surface area contributed by atoms with Gasteiger partial charge in [-0.1, -0.05) is 13.0 Å². The Kier molecular flexibility index (Phi) is 6.67. The van der Waals surface area contributed by atoms with E-state index in [0.29, 0.717) is 36.6 Å². The molecule has 8 nitrogen and oxygen atoms in total. The zero-order chi connectivity index (χ0) is 23.5. The van der Waals surface area contributed by atoms with Crippen LogP contribution in [0, 0.1) is 5.92 Å². The summed E-state index contributed by atoms with van der Waals surface area (Å²) in [5, 5.41) is 3.52. The van der Waals surface area contributed by atoms with Crippen molar-refractivity contribution in [2.75, 3.05) is 25.6 Å². The van der Waals surface area contributed by atoms with Gasteiger partial charge in [-0.2, -0.15) is 0 Å². The summed E-state index contributed by atoms with van der Waals surface area (Å²) in [5.41, 5.74) is 2.13. The lowest BCUT2D eigenvalue weighted by Crippen LogP contribution is -2.30. The van der Waals surface area contributed by atoms with Crippen molar-refractivity contribution in [3.05, 3.63) is 53.2 Å². The van der Waals surface area contributed by atoms with Crippen LogP contribution >= 0.6 is 0 Å². The minimum absolute atomic E-state index is 0.0791. The number of anilines is 1. The van der Waals surface area contributed by atoms with Crippen LogP contribution in [0.1, 0.15) is 51.5 Å². The molecular formula is C26H33N5O3. The lowest BCUT2D eigenvalue weighted by molar-refractivity contribution is 0.0686. The highest BCUT2D eigenvalue weighted by atomic mass is 16.5. The first-order chi connectivity index (χ1) is 16.6. The molecule has 1 aliphatic heterocycles. The summed E-state index contributed by atoms with van der Waals surface area (Å²) >= 11 is 0. The van der Waals surface area contributed by atoms with Gasteiger partial charge in [0.2, 0.25) is 5.95 Å². The molecule has 0 radical (unpaired) electrons. The van der Waals surface area contributed by atoms with Gasteiger partial charge in [-0.3, -0.25) is 9.13 Å². The van der Waals surface area contributed by atoms with E-state index in [1.165, 1.54) is 12.8 Å². The molecule has 1 saturated carbocycles. The molecule has 1 N–H and O–H groups in total. The molecule has 5 rings (SSSR count). The van der Waals surface area contributed by atoms with Gasteiger partial charge in [-0.15, -0.1) is 0 Å². The van der Waals surface area contributed by atoms with Crippen molar-refractivity contribution in [2.24, 2.45) is 5.92 Å². The molecule has 0 bridgehead atoms. The molecule has 3 aromatic rings. The average Bonchev–Trinajstić information content (AvgIpc) is 3.23. The number of hydrogen-bond acceptors (Lipinski definition) is 6. The highest BCUT2D eigenvalue weighted by molar-refractivity contribution is 5.59. The molecule has 2 aliphatic rings. The van der Waals surface area contributed by atoms with Crippen LogP contribution < -0.4 is 15.7 Å². The Morgan fingerprint density at radius 3 is 2.65 bits per heavy atom. The van der Waals surface area contributed by atoms with Crippen LogP contribution in [0.15, 0.2) is 47.5 Å². The minimum atomic E-state index is -0.0791. The molecule has 34 heavy (non-hydrogen) atoms. The predicted octanol–water partition coefficient (Wildman–Crippen LogP) is 4.45. The van der Waals surface area contributed by atoms with Gasteiger partial charge in [-0.25, -0.2) is 14.8 Å². The van der Waals surface area contributed by atoms with Crippen molar-refractivity contribution in [1.82, 2.24) is 19.1 Å². The Bertz CT molecular complexity index is 1170. The lowest BCUT2D eigenvalue weighted by Gasteiger charge is -2.26. The third-order valence-electron chi connectivity index (χ3n) is 7.08. The van der Waals surface area contributed by atoms with Crippen molar-refractivity contribution < 1.29 is 9.47 Å². The highest BCUT2D eigenvalue weighted by Gasteiger charge is 2.24. The first kappa shape index (κ1) is 22.7. The number of aromatic nitrogens is 4. The van der Waals surface area contributed by atoms with Gasteiger partial charge in [0.05, 0.1) is 24.2 Å². The standard InChI is InChI=1S/C26H33N5O3/c1-18-6-8-19(9-7-18)28-25-27-13-10-23(29-25)24-17-30(20-11-14-34-15-12-20)26(32)31(24)21-4-3-5-22(16-21)33-2/h3-5,10,13,16-20H,6-9,11-12,14-15H2,1-2H3,(H,27,28,29). The van der Waals surface area contributed by atoms with E-state index in [-0.39, 0.29) is 11.7 Å². The van der Waals surface area contributed by atoms with Crippen molar-refractivity contribution in [2.45, 2.75) is 57.5 Å². The van der Waals surface area contributed by atoms with E-state index in [1.54, 1.807) is 17.9 Å². The molecule has 1 aromatic carbocycles. The van der Waals surface area contributed by atoms with Gasteiger partial charge in [0.15, 0.2) is 0 Å². The monoisotopic (exact) mass is 463 g/mol. The number of methoxy groups -OCH3 is 1. The number of ether oxygens (including phenoxy) is 2. The minimum Gasteiger partial charge on any atom is -0.497 e. The summed E-state index contributed by atoms with van der Waals surface area (Å²) in [6.07, 6.45) is 10.0. The summed E-state index contributed by atoms with van der Waals surface area (Å²) in [5.74, 6) is 2.10. The van der Waals surface area contributed by atoms with Crippen LogP contribution in [-0.2, 0) is 4.74 Å². The Morgan fingerprint density at radius 1 is 1.09 bits per heavy atom. The molecule has 8 heteroatoms. The van der Waals surface area contributed by atoms with Crippen LogP contribution in [-0.4, -0.2) is 45.5 Å². The van der Waals surface area contributed by atoms with Crippen LogP contribution in [0.5, 0.6) is 5.75 Å². The summed E-state index contributed by atoms with van der Waals surface area (Å²) < 4.78 is 14.5. The first-order valence-electron chi connectivity index (χ1n) is 12.3. The molecular weight excluding hydrogens is 430 g/mol. The number of benzene rings is 1. The van der Waals surface area contributed by atoms with Crippen LogP contribution in [0.3, 0.4) is 0 Å². The van der Waals surface area contributed by atoms with E-state index < -0.39 is 0 Å². The maximum absolute atomic E-state index is 13.7. The maximum atomic E-state index is 13.7. The number of imidazole rings is 1. The highest BCUT2D eigenvalue weighted by Crippen LogP contribution is 2.28. The van der Waals surface area contributed by atoms with Gasteiger partial charge in [0, 0.05) is 43.8 Å². The Labute approximate surface area is 200 Å². The van der Waals surface area contributed by atoms with Crippen LogP contribution in [0.25, 0.3) is 17.1 Å². The lowest BCUT2D eigenvalue weighted by atomic mass is 9.87. The Morgan fingerprint density at radius 2 is 1.88 bits per heavy atom. The van der Waals surface area contributed by atoms with E-state index in [0.717, 1.165) is 43.0 Å². The number of nitrogens with one attached hydrogen (secondary N) is 1. The molecule has 1 saturated heterocycles. The molecule has 3 heterocycles. The van der Waals surface area contributed by atoms with Crippen molar-refractivity contribution in [3.63, 3.8) is 0 Å². The number of hydrogen-bond donors (Lipinski definition) is 1. The van der Waals surface area contributed by atoms with Crippen LogP contribution in [0.4, 0.5) is 5.95 Å². The predicted molar refractivity (Wildman–Crippen MR) is 132 cm³/mol. The topological polar surface area (TPSA) is 83.2 Å². The fourth-order valence-corrected chi connectivity index (χ4v) is 5.03. The second-order valence-electron chi connectivity index (χ2n) is 9.45. The van der Waals surface area contributed by atoms with Crippen LogP contribution in [0.2, 0.25) is 0 Å². The zero-order valence-electron chi connectivity index (χ0n) is 19.9.